The third kappa shape index (κ3) is 47.4. The maximum absolute atomic E-state index is 12.8. The Morgan fingerprint density at radius 3 is 1.13 bits per heavy atom. The van der Waals surface area contributed by atoms with Gasteiger partial charge in [0.1, 0.15) is 13.2 Å². The largest absolute Gasteiger partial charge is 0.462 e. The average molecular weight is 861 g/mol. The fourth-order valence-corrected chi connectivity index (χ4v) is 6.51. The van der Waals surface area contributed by atoms with Crippen molar-refractivity contribution in [1.82, 2.24) is 0 Å². The first-order chi connectivity index (χ1) is 30.5. The van der Waals surface area contributed by atoms with Gasteiger partial charge in [-0.25, -0.2) is 0 Å². The third-order valence-corrected chi connectivity index (χ3v) is 10.3. The predicted molar refractivity (Wildman–Crippen MR) is 265 cm³/mol. The summed E-state index contributed by atoms with van der Waals surface area (Å²) in [5.74, 6) is -1.03. The molecule has 0 spiro atoms. The number of ether oxygens (including phenoxy) is 3. The van der Waals surface area contributed by atoms with Crippen molar-refractivity contribution in [3.05, 3.63) is 97.2 Å². The molecule has 6 nitrogen and oxygen atoms in total. The van der Waals surface area contributed by atoms with Gasteiger partial charge in [0.15, 0.2) is 6.10 Å². The van der Waals surface area contributed by atoms with Crippen molar-refractivity contribution >= 4 is 17.9 Å². The van der Waals surface area contributed by atoms with Crippen molar-refractivity contribution in [2.24, 2.45) is 0 Å². The number of esters is 3. The van der Waals surface area contributed by atoms with E-state index in [0.717, 1.165) is 103 Å². The molecule has 0 fully saturated rings. The molecule has 0 bridgehead atoms. The average Bonchev–Trinajstić information content (AvgIpc) is 3.27. The van der Waals surface area contributed by atoms with Gasteiger partial charge < -0.3 is 14.2 Å². The topological polar surface area (TPSA) is 78.9 Å². The van der Waals surface area contributed by atoms with E-state index in [1.807, 2.05) is 12.2 Å². The minimum absolute atomic E-state index is 0.112. The highest BCUT2D eigenvalue weighted by Gasteiger charge is 2.19. The second-order valence-corrected chi connectivity index (χ2v) is 16.3. The molecular weight excluding hydrogens is 769 g/mol. The SMILES string of the molecule is CC/C=C\C/C=C\C/C=C\C/C=C\C/C=C\C/C=C\CCC(=O)OCC(COC(=O)CCCCCCC/C=C\CCCCC)OC(=O)CCCCC/C=C\CCCCCCCC. The molecule has 0 N–H and O–H groups in total. The quantitative estimate of drug-likeness (QED) is 0.0263. The highest BCUT2D eigenvalue weighted by Crippen LogP contribution is 2.12. The minimum atomic E-state index is -0.818. The van der Waals surface area contributed by atoms with E-state index in [0.29, 0.717) is 12.8 Å². The summed E-state index contributed by atoms with van der Waals surface area (Å²) in [5.41, 5.74) is 0. The smallest absolute Gasteiger partial charge is 0.306 e. The molecule has 0 amide bonds. The van der Waals surface area contributed by atoms with E-state index in [1.165, 1.54) is 70.6 Å². The van der Waals surface area contributed by atoms with Crippen LogP contribution in [0.1, 0.15) is 220 Å². The van der Waals surface area contributed by atoms with Crippen molar-refractivity contribution in [3.63, 3.8) is 0 Å². The Balaban J connectivity index is 4.53. The van der Waals surface area contributed by atoms with Crippen LogP contribution < -0.4 is 0 Å². The van der Waals surface area contributed by atoms with Crippen molar-refractivity contribution < 1.29 is 28.6 Å². The zero-order chi connectivity index (χ0) is 45.1. The monoisotopic (exact) mass is 861 g/mol. The normalized spacial score (nSPS) is 12.9. The molecule has 0 radical (unpaired) electrons. The third-order valence-electron chi connectivity index (χ3n) is 10.3. The zero-order valence-corrected chi connectivity index (χ0v) is 40.1. The second kappa shape index (κ2) is 50.0. The van der Waals surface area contributed by atoms with E-state index < -0.39 is 6.10 Å². The summed E-state index contributed by atoms with van der Waals surface area (Å²) in [6.07, 6.45) is 65.4. The highest BCUT2D eigenvalue weighted by molar-refractivity contribution is 5.71. The van der Waals surface area contributed by atoms with Crippen LogP contribution in [0.25, 0.3) is 0 Å². The second-order valence-electron chi connectivity index (χ2n) is 16.3. The van der Waals surface area contributed by atoms with Crippen LogP contribution in [-0.4, -0.2) is 37.2 Å². The molecule has 1 atom stereocenters. The Labute approximate surface area is 381 Å². The van der Waals surface area contributed by atoms with Gasteiger partial charge in [0.25, 0.3) is 0 Å². The van der Waals surface area contributed by atoms with Gasteiger partial charge in [-0.05, 0) is 109 Å². The van der Waals surface area contributed by atoms with Crippen molar-refractivity contribution in [2.75, 3.05) is 13.2 Å². The molecule has 6 heteroatoms. The molecule has 0 aromatic heterocycles. The fraction of sp³-hybridized carbons (Fsp3) is 0.661. The fourth-order valence-electron chi connectivity index (χ4n) is 6.51. The first-order valence-electron chi connectivity index (χ1n) is 25.2. The molecule has 352 valence electrons. The first kappa shape index (κ1) is 58.3. The maximum atomic E-state index is 12.8. The number of unbranched alkanes of at least 4 members (excludes halogenated alkanes) is 17. The summed E-state index contributed by atoms with van der Waals surface area (Å²) in [7, 11) is 0. The maximum Gasteiger partial charge on any atom is 0.306 e. The minimum Gasteiger partial charge on any atom is -0.462 e. The number of carbonyl (C=O) groups excluding carboxylic acids is 3. The summed E-state index contributed by atoms with van der Waals surface area (Å²) in [4.78, 5) is 37.9. The van der Waals surface area contributed by atoms with Gasteiger partial charge in [-0.2, -0.15) is 0 Å². The van der Waals surface area contributed by atoms with Gasteiger partial charge in [0.05, 0.1) is 0 Å². The lowest BCUT2D eigenvalue weighted by molar-refractivity contribution is -0.166. The van der Waals surface area contributed by atoms with Crippen LogP contribution in [0.3, 0.4) is 0 Å². The lowest BCUT2D eigenvalue weighted by Crippen LogP contribution is -2.30. The number of allylic oxidation sites excluding steroid dienone is 16. The summed E-state index contributed by atoms with van der Waals surface area (Å²) in [6.45, 7) is 6.39. The van der Waals surface area contributed by atoms with Crippen molar-refractivity contribution in [2.45, 2.75) is 226 Å². The van der Waals surface area contributed by atoms with E-state index >= 15 is 0 Å². The van der Waals surface area contributed by atoms with Crippen LogP contribution in [0.4, 0.5) is 0 Å². The van der Waals surface area contributed by atoms with Crippen LogP contribution in [0.2, 0.25) is 0 Å². The number of hydrogen-bond donors (Lipinski definition) is 0. The lowest BCUT2D eigenvalue weighted by atomic mass is 10.1. The standard InChI is InChI=1S/C56H92O6/c1-4-7-10-13-16-19-22-25-26-27-28-29-30-32-34-37-40-43-46-49-55(58)61-52-53(51-60-54(57)48-45-42-39-36-33-24-21-18-15-12-9-6-3)62-56(59)50-47-44-41-38-35-31-23-20-17-14-11-8-5-2/h7,10,16,18-19,21,25-26,28-29,31-32,34-35,40,43,53H,4-6,8-9,11-15,17,20,22-24,27,30,33,36-39,41-42,44-52H2,1-3H3/b10-7-,19-16-,21-18-,26-25-,29-28-,34-32-,35-31-,43-40-. The molecule has 0 rings (SSSR count). The molecule has 0 saturated carbocycles. The van der Waals surface area contributed by atoms with Crippen LogP contribution in [0.5, 0.6) is 0 Å². The molecule has 0 aliphatic rings. The van der Waals surface area contributed by atoms with E-state index in [9.17, 15) is 14.4 Å². The molecule has 0 saturated heterocycles. The Hall–Kier alpha value is -3.67. The van der Waals surface area contributed by atoms with E-state index in [1.54, 1.807) is 0 Å². The van der Waals surface area contributed by atoms with Gasteiger partial charge in [-0.15, -0.1) is 0 Å². The van der Waals surface area contributed by atoms with Crippen LogP contribution in [0, 0.1) is 0 Å². The van der Waals surface area contributed by atoms with Gasteiger partial charge in [-0.1, -0.05) is 189 Å². The van der Waals surface area contributed by atoms with Gasteiger partial charge in [0, 0.05) is 19.3 Å². The molecular formula is C56H92O6. The van der Waals surface area contributed by atoms with Gasteiger partial charge in [-0.3, -0.25) is 14.4 Å². The van der Waals surface area contributed by atoms with Crippen molar-refractivity contribution in [3.8, 4) is 0 Å². The summed E-state index contributed by atoms with van der Waals surface area (Å²) in [6, 6.07) is 0. The number of hydrogen-bond acceptors (Lipinski definition) is 6. The number of rotatable bonds is 44. The summed E-state index contributed by atoms with van der Waals surface area (Å²) >= 11 is 0. The van der Waals surface area contributed by atoms with Crippen LogP contribution >= 0.6 is 0 Å². The summed E-state index contributed by atoms with van der Waals surface area (Å²) in [5, 5.41) is 0. The molecule has 0 aliphatic carbocycles. The molecule has 0 heterocycles. The zero-order valence-electron chi connectivity index (χ0n) is 40.1. The Bertz CT molecular complexity index is 1260. The van der Waals surface area contributed by atoms with Crippen LogP contribution in [0.15, 0.2) is 97.2 Å². The van der Waals surface area contributed by atoms with Crippen molar-refractivity contribution in [1.29, 1.82) is 0 Å². The Morgan fingerprint density at radius 1 is 0.339 bits per heavy atom. The molecule has 1 unspecified atom stereocenters. The lowest BCUT2D eigenvalue weighted by Gasteiger charge is -2.18. The molecule has 62 heavy (non-hydrogen) atoms. The van der Waals surface area contributed by atoms with E-state index in [-0.39, 0.29) is 44.0 Å². The predicted octanol–water partition coefficient (Wildman–Crippen LogP) is 16.6. The van der Waals surface area contributed by atoms with Crippen LogP contribution in [-0.2, 0) is 28.6 Å². The molecule has 0 aromatic rings. The first-order valence-corrected chi connectivity index (χ1v) is 25.2. The molecule has 0 aliphatic heterocycles. The van der Waals surface area contributed by atoms with E-state index in [2.05, 4.69) is 106 Å². The van der Waals surface area contributed by atoms with E-state index in [4.69, 9.17) is 14.2 Å². The van der Waals surface area contributed by atoms with Gasteiger partial charge >= 0.3 is 17.9 Å². The summed E-state index contributed by atoms with van der Waals surface area (Å²) < 4.78 is 16.7. The Kier molecular flexibility index (Phi) is 47.0. The number of carbonyl (C=O) groups is 3. The molecule has 0 aromatic carbocycles. The van der Waals surface area contributed by atoms with Gasteiger partial charge in [0.2, 0.25) is 0 Å². The Morgan fingerprint density at radius 2 is 0.661 bits per heavy atom. The highest BCUT2D eigenvalue weighted by atomic mass is 16.6.